The highest BCUT2D eigenvalue weighted by Gasteiger charge is 2.08. The van der Waals surface area contributed by atoms with Crippen molar-refractivity contribution in [3.8, 4) is 11.5 Å². The van der Waals surface area contributed by atoms with Crippen LogP contribution >= 0.6 is 27.3 Å². The molecule has 0 amide bonds. The van der Waals surface area contributed by atoms with Crippen LogP contribution in [0.1, 0.15) is 5.82 Å². The average molecular weight is 260 g/mol. The third kappa shape index (κ3) is 1.79. The Morgan fingerprint density at radius 2 is 2.46 bits per heavy atom. The van der Waals surface area contributed by atoms with Crippen molar-refractivity contribution >= 4 is 27.3 Å². The van der Waals surface area contributed by atoms with Crippen LogP contribution in [0, 0.1) is 0 Å². The Balaban J connectivity index is 2.35. The Morgan fingerprint density at radius 1 is 1.62 bits per heavy atom. The van der Waals surface area contributed by atoms with Crippen molar-refractivity contribution in [2.45, 2.75) is 6.54 Å². The van der Waals surface area contributed by atoms with E-state index in [1.54, 1.807) is 11.3 Å². The zero-order chi connectivity index (χ0) is 9.26. The zero-order valence-electron chi connectivity index (χ0n) is 6.53. The minimum atomic E-state index is 0.300. The SMILES string of the molecule is NCc1noc(-c2csc(Br)c2)n1. The van der Waals surface area contributed by atoms with Crippen molar-refractivity contribution in [3.63, 3.8) is 0 Å². The molecule has 4 nitrogen and oxygen atoms in total. The highest BCUT2D eigenvalue weighted by molar-refractivity contribution is 9.11. The Hall–Kier alpha value is -0.720. The number of nitrogens with two attached hydrogens (primary N) is 1. The van der Waals surface area contributed by atoms with E-state index in [1.807, 2.05) is 11.4 Å². The molecule has 2 aromatic heterocycles. The van der Waals surface area contributed by atoms with Crippen molar-refractivity contribution in [2.24, 2.45) is 5.73 Å². The first-order chi connectivity index (χ1) is 6.29. The van der Waals surface area contributed by atoms with E-state index in [2.05, 4.69) is 26.1 Å². The number of aromatic nitrogens is 2. The topological polar surface area (TPSA) is 64.9 Å². The van der Waals surface area contributed by atoms with Crippen LogP contribution in [-0.2, 0) is 6.54 Å². The predicted octanol–water partition coefficient (Wildman–Crippen LogP) is 2.02. The Bertz CT molecular complexity index is 411. The maximum Gasteiger partial charge on any atom is 0.258 e. The van der Waals surface area contributed by atoms with Crippen molar-refractivity contribution < 1.29 is 4.52 Å². The molecular formula is C7H6BrN3OS. The fourth-order valence-corrected chi connectivity index (χ4v) is 2.01. The summed E-state index contributed by atoms with van der Waals surface area (Å²) in [6, 6.07) is 1.93. The van der Waals surface area contributed by atoms with Gasteiger partial charge in [-0.05, 0) is 22.0 Å². The summed E-state index contributed by atoms with van der Waals surface area (Å²) in [5.74, 6) is 1.04. The van der Waals surface area contributed by atoms with Crippen LogP contribution in [0.2, 0.25) is 0 Å². The van der Waals surface area contributed by atoms with Crippen molar-refractivity contribution in [1.82, 2.24) is 10.1 Å². The van der Waals surface area contributed by atoms with E-state index in [1.165, 1.54) is 0 Å². The van der Waals surface area contributed by atoms with E-state index >= 15 is 0 Å². The lowest BCUT2D eigenvalue weighted by molar-refractivity contribution is 0.423. The van der Waals surface area contributed by atoms with Gasteiger partial charge < -0.3 is 10.3 Å². The Kier molecular flexibility index (Phi) is 2.43. The summed E-state index contributed by atoms with van der Waals surface area (Å²) in [4.78, 5) is 4.10. The lowest BCUT2D eigenvalue weighted by Crippen LogP contribution is -1.97. The summed E-state index contributed by atoms with van der Waals surface area (Å²) in [6.07, 6.45) is 0. The molecule has 0 unspecified atom stereocenters. The number of halogens is 1. The van der Waals surface area contributed by atoms with E-state index < -0.39 is 0 Å². The molecule has 6 heteroatoms. The van der Waals surface area contributed by atoms with Crippen molar-refractivity contribution in [2.75, 3.05) is 0 Å². The molecule has 0 radical (unpaired) electrons. The predicted molar refractivity (Wildman–Crippen MR) is 53.2 cm³/mol. The molecule has 2 aromatic rings. The average Bonchev–Trinajstić information content (AvgIpc) is 2.71. The maximum absolute atomic E-state index is 5.35. The standard InChI is InChI=1S/C7H6BrN3OS/c8-5-1-4(3-13-5)7-10-6(2-9)11-12-7/h1,3H,2,9H2. The van der Waals surface area contributed by atoms with Gasteiger partial charge in [0.05, 0.1) is 15.9 Å². The molecule has 0 aromatic carbocycles. The molecule has 0 saturated carbocycles. The van der Waals surface area contributed by atoms with E-state index in [0.29, 0.717) is 18.3 Å². The Morgan fingerprint density at radius 3 is 3.00 bits per heavy atom. The summed E-state index contributed by atoms with van der Waals surface area (Å²) in [7, 11) is 0. The van der Waals surface area contributed by atoms with Gasteiger partial charge in [0.15, 0.2) is 5.82 Å². The van der Waals surface area contributed by atoms with Gasteiger partial charge in [-0.2, -0.15) is 4.98 Å². The first-order valence-electron chi connectivity index (χ1n) is 3.56. The quantitative estimate of drug-likeness (QED) is 0.897. The first kappa shape index (κ1) is 8.86. The van der Waals surface area contributed by atoms with Gasteiger partial charge in [-0.3, -0.25) is 0 Å². The molecule has 68 valence electrons. The van der Waals surface area contributed by atoms with Crippen LogP contribution in [0.25, 0.3) is 11.5 Å². The summed E-state index contributed by atoms with van der Waals surface area (Å²) in [5, 5.41) is 5.64. The van der Waals surface area contributed by atoms with Crippen molar-refractivity contribution in [3.05, 3.63) is 21.1 Å². The summed E-state index contributed by atoms with van der Waals surface area (Å²) in [6.45, 7) is 0.300. The summed E-state index contributed by atoms with van der Waals surface area (Å²) in [5.41, 5.74) is 6.28. The second kappa shape index (κ2) is 3.57. The number of thiophene rings is 1. The molecule has 0 bridgehead atoms. The molecule has 2 heterocycles. The van der Waals surface area contributed by atoms with Crippen LogP contribution in [0.4, 0.5) is 0 Å². The smallest absolute Gasteiger partial charge is 0.258 e. The molecule has 0 fully saturated rings. The molecule has 0 aliphatic heterocycles. The zero-order valence-corrected chi connectivity index (χ0v) is 8.93. The van der Waals surface area contributed by atoms with E-state index in [4.69, 9.17) is 10.3 Å². The monoisotopic (exact) mass is 259 g/mol. The van der Waals surface area contributed by atoms with E-state index in [9.17, 15) is 0 Å². The van der Waals surface area contributed by atoms with Gasteiger partial charge in [0.25, 0.3) is 5.89 Å². The third-order valence-electron chi connectivity index (χ3n) is 1.47. The third-order valence-corrected chi connectivity index (χ3v) is 2.97. The van der Waals surface area contributed by atoms with Gasteiger partial charge in [-0.15, -0.1) is 11.3 Å². The molecule has 0 saturated heterocycles. The fourth-order valence-electron chi connectivity index (χ4n) is 0.876. The minimum Gasteiger partial charge on any atom is -0.334 e. The van der Waals surface area contributed by atoms with Gasteiger partial charge >= 0.3 is 0 Å². The molecule has 0 aliphatic carbocycles. The molecule has 13 heavy (non-hydrogen) atoms. The normalized spacial score (nSPS) is 10.6. The van der Waals surface area contributed by atoms with Crippen LogP contribution in [-0.4, -0.2) is 10.1 Å². The highest BCUT2D eigenvalue weighted by atomic mass is 79.9. The molecule has 2 N–H and O–H groups in total. The number of rotatable bonds is 2. The maximum atomic E-state index is 5.35. The fraction of sp³-hybridized carbons (Fsp3) is 0.143. The van der Waals surface area contributed by atoms with Crippen LogP contribution in [0.5, 0.6) is 0 Å². The second-order valence-corrected chi connectivity index (χ2v) is 4.65. The van der Waals surface area contributed by atoms with Gasteiger partial charge in [0, 0.05) is 5.38 Å². The molecule has 0 spiro atoms. The molecule has 0 aliphatic rings. The number of hydrogen-bond acceptors (Lipinski definition) is 5. The number of hydrogen-bond donors (Lipinski definition) is 1. The number of nitrogens with zero attached hydrogens (tertiary/aromatic N) is 2. The second-order valence-electron chi connectivity index (χ2n) is 2.36. The largest absolute Gasteiger partial charge is 0.334 e. The molecular weight excluding hydrogens is 254 g/mol. The summed E-state index contributed by atoms with van der Waals surface area (Å²) >= 11 is 4.93. The highest BCUT2D eigenvalue weighted by Crippen LogP contribution is 2.27. The Labute approximate surface area is 86.9 Å². The summed E-state index contributed by atoms with van der Waals surface area (Å²) < 4.78 is 6.04. The lowest BCUT2D eigenvalue weighted by Gasteiger charge is -1.82. The van der Waals surface area contributed by atoms with Crippen molar-refractivity contribution in [1.29, 1.82) is 0 Å². The van der Waals surface area contributed by atoms with E-state index in [0.717, 1.165) is 9.35 Å². The van der Waals surface area contributed by atoms with Gasteiger partial charge in [0.1, 0.15) is 0 Å². The van der Waals surface area contributed by atoms with E-state index in [-0.39, 0.29) is 0 Å². The van der Waals surface area contributed by atoms with Gasteiger partial charge in [0.2, 0.25) is 0 Å². The minimum absolute atomic E-state index is 0.300. The van der Waals surface area contributed by atoms with Crippen LogP contribution < -0.4 is 5.73 Å². The van der Waals surface area contributed by atoms with Gasteiger partial charge in [-0.25, -0.2) is 0 Å². The first-order valence-corrected chi connectivity index (χ1v) is 5.24. The lowest BCUT2D eigenvalue weighted by atomic mass is 10.3. The molecule has 2 rings (SSSR count). The van der Waals surface area contributed by atoms with Gasteiger partial charge in [-0.1, -0.05) is 5.16 Å². The molecule has 0 atom stereocenters. The van der Waals surface area contributed by atoms with Crippen LogP contribution in [0.3, 0.4) is 0 Å². The van der Waals surface area contributed by atoms with Crippen LogP contribution in [0.15, 0.2) is 19.8 Å².